The lowest BCUT2D eigenvalue weighted by atomic mass is 10.1. The summed E-state index contributed by atoms with van der Waals surface area (Å²) in [6.07, 6.45) is -4.38. The molecule has 0 spiro atoms. The largest absolute Gasteiger partial charge is 0.455 e. The topological polar surface area (TPSA) is 25.0 Å². The molecule has 0 fully saturated rings. The van der Waals surface area contributed by atoms with Crippen molar-refractivity contribution in [2.24, 2.45) is 0 Å². The van der Waals surface area contributed by atoms with E-state index in [0.717, 1.165) is 22.8 Å². The van der Waals surface area contributed by atoms with Gasteiger partial charge in [-0.2, -0.15) is 13.2 Å². The Morgan fingerprint density at radius 1 is 1.08 bits per heavy atom. The second-order valence-corrected chi connectivity index (χ2v) is 6.68. The molecule has 1 N–H and O–H groups in total. The van der Waals surface area contributed by atoms with Gasteiger partial charge in [-0.3, -0.25) is 0 Å². The van der Waals surface area contributed by atoms with Gasteiger partial charge >= 0.3 is 6.18 Å². The highest BCUT2D eigenvalue weighted by atomic mass is 32.2. The average molecular weight is 351 g/mol. The molecule has 0 amide bonds. The van der Waals surface area contributed by atoms with E-state index in [1.165, 1.54) is 6.07 Å². The van der Waals surface area contributed by atoms with E-state index in [-0.39, 0.29) is 0 Å². The molecule has 3 aromatic rings. The SMILES string of the molecule is CCSc1ccc(Oc2c(C)[nH]c3ccc(C(F)(F)F)cc23)cc1. The van der Waals surface area contributed by atoms with Gasteiger partial charge in [-0.15, -0.1) is 11.8 Å². The molecule has 3 rings (SSSR count). The number of benzene rings is 2. The minimum Gasteiger partial charge on any atom is -0.455 e. The van der Waals surface area contributed by atoms with Gasteiger partial charge in [-0.25, -0.2) is 0 Å². The molecule has 1 aromatic heterocycles. The number of hydrogen-bond acceptors (Lipinski definition) is 2. The summed E-state index contributed by atoms with van der Waals surface area (Å²) in [5.41, 5.74) is 0.624. The monoisotopic (exact) mass is 351 g/mol. The number of rotatable bonds is 4. The minimum absolute atomic E-state index is 0.423. The number of H-pyrrole nitrogens is 1. The second kappa shape index (κ2) is 6.43. The number of alkyl halides is 3. The zero-order chi connectivity index (χ0) is 17.3. The first kappa shape index (κ1) is 16.8. The maximum Gasteiger partial charge on any atom is 0.416 e. The highest BCUT2D eigenvalue weighted by Crippen LogP contribution is 2.38. The maximum atomic E-state index is 12.9. The fourth-order valence-corrected chi connectivity index (χ4v) is 3.16. The van der Waals surface area contributed by atoms with Crippen molar-refractivity contribution in [2.45, 2.75) is 24.9 Å². The molecule has 0 aliphatic rings. The molecular formula is C18H16F3NOS. The van der Waals surface area contributed by atoms with Crippen LogP contribution in [0.25, 0.3) is 10.9 Å². The Labute approximate surface area is 142 Å². The van der Waals surface area contributed by atoms with Gasteiger partial charge in [0, 0.05) is 15.8 Å². The molecule has 0 bridgehead atoms. The number of aromatic nitrogens is 1. The molecule has 0 radical (unpaired) electrons. The van der Waals surface area contributed by atoms with Crippen LogP contribution in [0.2, 0.25) is 0 Å². The first-order valence-corrected chi connectivity index (χ1v) is 8.47. The number of fused-ring (bicyclic) bond motifs is 1. The number of halogens is 3. The quantitative estimate of drug-likeness (QED) is 0.550. The molecule has 126 valence electrons. The van der Waals surface area contributed by atoms with Gasteiger partial charge in [0.15, 0.2) is 5.75 Å². The van der Waals surface area contributed by atoms with Gasteiger partial charge < -0.3 is 9.72 Å². The zero-order valence-corrected chi connectivity index (χ0v) is 14.0. The van der Waals surface area contributed by atoms with Crippen molar-refractivity contribution in [3.63, 3.8) is 0 Å². The van der Waals surface area contributed by atoms with E-state index < -0.39 is 11.7 Å². The second-order valence-electron chi connectivity index (χ2n) is 5.34. The number of nitrogens with one attached hydrogen (secondary N) is 1. The fourth-order valence-electron chi connectivity index (χ4n) is 2.50. The molecule has 1 heterocycles. The summed E-state index contributed by atoms with van der Waals surface area (Å²) in [6, 6.07) is 11.1. The Bertz CT molecular complexity index is 853. The molecule has 24 heavy (non-hydrogen) atoms. The van der Waals surface area contributed by atoms with E-state index in [4.69, 9.17) is 4.74 Å². The summed E-state index contributed by atoms with van der Waals surface area (Å²) in [4.78, 5) is 4.19. The third kappa shape index (κ3) is 3.38. The van der Waals surface area contributed by atoms with E-state index >= 15 is 0 Å². The molecule has 0 saturated carbocycles. The molecule has 0 aliphatic heterocycles. The van der Waals surface area contributed by atoms with Crippen molar-refractivity contribution >= 4 is 22.7 Å². The van der Waals surface area contributed by atoms with Gasteiger partial charge in [0.1, 0.15) is 5.75 Å². The van der Waals surface area contributed by atoms with Crippen LogP contribution in [0.5, 0.6) is 11.5 Å². The first-order valence-electron chi connectivity index (χ1n) is 7.48. The van der Waals surface area contributed by atoms with Crippen molar-refractivity contribution in [3.05, 3.63) is 53.7 Å². The number of hydrogen-bond donors (Lipinski definition) is 1. The normalized spacial score (nSPS) is 11.9. The summed E-state index contributed by atoms with van der Waals surface area (Å²) in [5, 5.41) is 0.425. The van der Waals surface area contributed by atoms with Crippen LogP contribution in [0.3, 0.4) is 0 Å². The van der Waals surface area contributed by atoms with Crippen molar-refractivity contribution in [3.8, 4) is 11.5 Å². The molecule has 0 unspecified atom stereocenters. The molecule has 0 aliphatic carbocycles. The first-order chi connectivity index (χ1) is 11.4. The molecule has 0 atom stereocenters. The number of aryl methyl sites for hydroxylation is 1. The van der Waals surface area contributed by atoms with Gasteiger partial charge in [-0.1, -0.05) is 6.92 Å². The minimum atomic E-state index is -4.38. The summed E-state index contributed by atoms with van der Waals surface area (Å²) >= 11 is 1.72. The van der Waals surface area contributed by atoms with Crippen LogP contribution < -0.4 is 4.74 Å². The lowest BCUT2D eigenvalue weighted by Gasteiger charge is -2.09. The predicted octanol–water partition coefficient (Wildman–Crippen LogP) is 6.40. The van der Waals surface area contributed by atoms with Crippen molar-refractivity contribution in [1.82, 2.24) is 4.98 Å². The molecular weight excluding hydrogens is 335 g/mol. The average Bonchev–Trinajstić information content (AvgIpc) is 2.84. The highest BCUT2D eigenvalue weighted by Gasteiger charge is 2.31. The van der Waals surface area contributed by atoms with E-state index in [9.17, 15) is 13.2 Å². The Morgan fingerprint density at radius 2 is 1.79 bits per heavy atom. The van der Waals surface area contributed by atoms with Crippen LogP contribution in [-0.2, 0) is 6.18 Å². The van der Waals surface area contributed by atoms with Crippen LogP contribution in [0.15, 0.2) is 47.4 Å². The third-order valence-electron chi connectivity index (χ3n) is 3.61. The Balaban J connectivity index is 1.97. The Hall–Kier alpha value is -2.08. The van der Waals surface area contributed by atoms with Crippen molar-refractivity contribution in [2.75, 3.05) is 5.75 Å². The lowest BCUT2D eigenvalue weighted by Crippen LogP contribution is -2.04. The fraction of sp³-hybridized carbons (Fsp3) is 0.222. The molecule has 2 nitrogen and oxygen atoms in total. The van der Waals surface area contributed by atoms with Gasteiger partial charge in [0.2, 0.25) is 0 Å². The third-order valence-corrected chi connectivity index (χ3v) is 4.50. The van der Waals surface area contributed by atoms with Gasteiger partial charge in [0.25, 0.3) is 0 Å². The Kier molecular flexibility index (Phi) is 4.49. The molecule has 2 aromatic carbocycles. The van der Waals surface area contributed by atoms with Gasteiger partial charge in [-0.05, 0) is 55.1 Å². The smallest absolute Gasteiger partial charge is 0.416 e. The predicted molar refractivity (Wildman–Crippen MR) is 91.0 cm³/mol. The summed E-state index contributed by atoms with van der Waals surface area (Å²) in [5.74, 6) is 1.99. The summed E-state index contributed by atoms with van der Waals surface area (Å²) < 4.78 is 44.7. The summed E-state index contributed by atoms with van der Waals surface area (Å²) in [7, 11) is 0. The van der Waals surface area contributed by atoms with E-state index in [0.29, 0.717) is 28.1 Å². The maximum absolute atomic E-state index is 12.9. The highest BCUT2D eigenvalue weighted by molar-refractivity contribution is 7.99. The van der Waals surface area contributed by atoms with E-state index in [2.05, 4.69) is 11.9 Å². The van der Waals surface area contributed by atoms with Crippen molar-refractivity contribution in [1.29, 1.82) is 0 Å². The van der Waals surface area contributed by atoms with E-state index in [1.54, 1.807) is 18.7 Å². The van der Waals surface area contributed by atoms with Crippen LogP contribution in [0, 0.1) is 6.92 Å². The van der Waals surface area contributed by atoms with Gasteiger partial charge in [0.05, 0.1) is 11.3 Å². The van der Waals surface area contributed by atoms with E-state index in [1.807, 2.05) is 24.3 Å². The van der Waals surface area contributed by atoms with Crippen LogP contribution in [-0.4, -0.2) is 10.7 Å². The molecule has 6 heteroatoms. The molecule has 0 saturated heterocycles. The zero-order valence-electron chi connectivity index (χ0n) is 13.2. The standard InChI is InChI=1S/C18H16F3NOS/c1-3-24-14-7-5-13(6-8-14)23-17-11(2)22-16-9-4-12(10-15(16)17)18(19,20)21/h4-10,22H,3H2,1-2H3. The number of aromatic amines is 1. The number of thioether (sulfide) groups is 1. The van der Waals surface area contributed by atoms with Crippen molar-refractivity contribution < 1.29 is 17.9 Å². The number of ether oxygens (including phenoxy) is 1. The van der Waals surface area contributed by atoms with Crippen LogP contribution in [0.1, 0.15) is 18.2 Å². The van der Waals surface area contributed by atoms with Crippen LogP contribution in [0.4, 0.5) is 13.2 Å². The van der Waals surface area contributed by atoms with Crippen LogP contribution >= 0.6 is 11.8 Å². The summed E-state index contributed by atoms with van der Waals surface area (Å²) in [6.45, 7) is 3.85. The lowest BCUT2D eigenvalue weighted by molar-refractivity contribution is -0.137. The Morgan fingerprint density at radius 3 is 2.42 bits per heavy atom.